The van der Waals surface area contributed by atoms with Crippen LogP contribution in [0.2, 0.25) is 0 Å². The summed E-state index contributed by atoms with van der Waals surface area (Å²) < 4.78 is 14.3. The van der Waals surface area contributed by atoms with Crippen LogP contribution < -0.4 is 15.5 Å². The minimum absolute atomic E-state index is 0.00886. The highest BCUT2D eigenvalue weighted by Gasteiger charge is 2.24. The van der Waals surface area contributed by atoms with Crippen molar-refractivity contribution in [3.05, 3.63) is 29.1 Å². The molecule has 0 aromatic heterocycles. The van der Waals surface area contributed by atoms with Crippen molar-refractivity contribution < 1.29 is 14.0 Å². The zero-order valence-electron chi connectivity index (χ0n) is 14.0. The molecule has 0 saturated heterocycles. The maximum absolute atomic E-state index is 14.3. The molecule has 1 saturated carbocycles. The number of urea groups is 1. The highest BCUT2D eigenvalue weighted by molar-refractivity contribution is 5.96. The van der Waals surface area contributed by atoms with Gasteiger partial charge in [-0.25, -0.2) is 9.18 Å². The molecule has 6 heteroatoms. The number of hydrogen-bond acceptors (Lipinski definition) is 3. The van der Waals surface area contributed by atoms with Gasteiger partial charge in [-0.05, 0) is 49.8 Å². The van der Waals surface area contributed by atoms with E-state index in [1.54, 1.807) is 4.90 Å². The Balaban J connectivity index is 1.60. The Morgan fingerprint density at radius 3 is 2.75 bits per heavy atom. The van der Waals surface area contributed by atoms with Crippen molar-refractivity contribution >= 4 is 17.6 Å². The van der Waals surface area contributed by atoms with Crippen LogP contribution in [0.25, 0.3) is 0 Å². The number of amides is 3. The number of imide groups is 1. The van der Waals surface area contributed by atoms with Crippen LogP contribution >= 0.6 is 0 Å². The zero-order chi connectivity index (χ0) is 17.1. The van der Waals surface area contributed by atoms with Crippen LogP contribution in [0.15, 0.2) is 12.1 Å². The van der Waals surface area contributed by atoms with E-state index in [1.807, 2.05) is 13.0 Å². The molecule has 0 spiro atoms. The summed E-state index contributed by atoms with van der Waals surface area (Å²) in [6.07, 6.45) is 5.84. The molecule has 24 heavy (non-hydrogen) atoms. The zero-order valence-corrected chi connectivity index (χ0v) is 14.0. The van der Waals surface area contributed by atoms with Crippen LogP contribution in [-0.4, -0.2) is 31.1 Å². The summed E-state index contributed by atoms with van der Waals surface area (Å²) >= 11 is 0. The highest BCUT2D eigenvalue weighted by Crippen LogP contribution is 2.30. The van der Waals surface area contributed by atoms with E-state index in [2.05, 4.69) is 10.6 Å². The largest absolute Gasteiger partial charge is 0.360 e. The molecule has 2 N–H and O–H groups in total. The number of carbonyl (C=O) groups is 2. The fourth-order valence-electron chi connectivity index (χ4n) is 3.71. The first kappa shape index (κ1) is 16.7. The van der Waals surface area contributed by atoms with E-state index in [1.165, 1.54) is 6.07 Å². The second-order valence-corrected chi connectivity index (χ2v) is 6.78. The van der Waals surface area contributed by atoms with Gasteiger partial charge < -0.3 is 10.2 Å². The lowest BCUT2D eigenvalue weighted by atomic mass is 9.99. The summed E-state index contributed by atoms with van der Waals surface area (Å²) in [6.45, 7) is 2.47. The lowest BCUT2D eigenvalue weighted by Gasteiger charge is -2.31. The van der Waals surface area contributed by atoms with Gasteiger partial charge >= 0.3 is 6.03 Å². The van der Waals surface area contributed by atoms with Crippen molar-refractivity contribution in [2.45, 2.75) is 51.5 Å². The summed E-state index contributed by atoms with van der Waals surface area (Å²) in [5.74, 6) is -0.703. The molecule has 1 aliphatic heterocycles. The number of anilines is 1. The number of carbonyl (C=O) groups excluding carboxylic acids is 2. The van der Waals surface area contributed by atoms with E-state index in [0.29, 0.717) is 12.2 Å². The lowest BCUT2D eigenvalue weighted by molar-refractivity contribution is -0.118. The number of nitrogens with one attached hydrogen (secondary N) is 2. The normalized spacial score (nSPS) is 17.5. The number of halogens is 1. The Kier molecular flexibility index (Phi) is 5.02. The third-order valence-electron chi connectivity index (χ3n) is 4.75. The van der Waals surface area contributed by atoms with Crippen molar-refractivity contribution in [2.75, 3.05) is 18.0 Å². The molecule has 0 radical (unpaired) electrons. The molecule has 3 amide bonds. The van der Waals surface area contributed by atoms with Crippen LogP contribution in [-0.2, 0) is 11.2 Å². The summed E-state index contributed by atoms with van der Waals surface area (Å²) in [5.41, 5.74) is 2.31. The second kappa shape index (κ2) is 7.20. The third-order valence-corrected chi connectivity index (χ3v) is 4.75. The molecule has 1 heterocycles. The van der Waals surface area contributed by atoms with E-state index in [9.17, 15) is 14.0 Å². The number of benzene rings is 1. The smallest absolute Gasteiger partial charge is 0.321 e. The summed E-state index contributed by atoms with van der Waals surface area (Å²) in [7, 11) is 0. The maximum atomic E-state index is 14.3. The number of aryl methyl sites for hydroxylation is 2. The minimum Gasteiger partial charge on any atom is -0.360 e. The van der Waals surface area contributed by atoms with Gasteiger partial charge in [-0.1, -0.05) is 18.9 Å². The van der Waals surface area contributed by atoms with Gasteiger partial charge in [0.25, 0.3) is 0 Å². The number of hydrogen-bond donors (Lipinski definition) is 2. The van der Waals surface area contributed by atoms with E-state index in [0.717, 1.165) is 49.7 Å². The predicted molar refractivity (Wildman–Crippen MR) is 90.6 cm³/mol. The van der Waals surface area contributed by atoms with Crippen LogP contribution in [0.1, 0.15) is 43.2 Å². The SMILES string of the molecule is Cc1cc(F)c2c(c1)CCCN2CC(=O)NC(=O)NC1CCCC1. The first-order valence-corrected chi connectivity index (χ1v) is 8.67. The van der Waals surface area contributed by atoms with Gasteiger partial charge in [0.15, 0.2) is 0 Å². The Labute approximate surface area is 141 Å². The average Bonchev–Trinajstić information content (AvgIpc) is 2.99. The molecule has 3 rings (SSSR count). The van der Waals surface area contributed by atoms with Gasteiger partial charge in [-0.2, -0.15) is 0 Å². The molecule has 0 bridgehead atoms. The molecule has 2 aliphatic rings. The van der Waals surface area contributed by atoms with Gasteiger partial charge in [-0.15, -0.1) is 0 Å². The molecular weight excluding hydrogens is 309 g/mol. The number of nitrogens with zero attached hydrogens (tertiary/aromatic N) is 1. The minimum atomic E-state index is -0.450. The topological polar surface area (TPSA) is 61.4 Å². The molecule has 1 aromatic carbocycles. The van der Waals surface area contributed by atoms with E-state index >= 15 is 0 Å². The molecular formula is C18H24FN3O2. The maximum Gasteiger partial charge on any atom is 0.321 e. The van der Waals surface area contributed by atoms with Crippen molar-refractivity contribution in [3.8, 4) is 0 Å². The van der Waals surface area contributed by atoms with Crippen molar-refractivity contribution in [2.24, 2.45) is 0 Å². The standard InChI is InChI=1S/C18H24FN3O2/c1-12-9-13-5-4-8-22(17(13)15(19)10-12)11-16(23)21-18(24)20-14-6-2-3-7-14/h9-10,14H,2-8,11H2,1H3,(H2,20,21,23,24). The van der Waals surface area contributed by atoms with E-state index < -0.39 is 11.9 Å². The Morgan fingerprint density at radius 2 is 2.00 bits per heavy atom. The molecule has 1 aromatic rings. The fourth-order valence-corrected chi connectivity index (χ4v) is 3.71. The molecule has 1 aliphatic carbocycles. The Hall–Kier alpha value is -2.11. The third kappa shape index (κ3) is 3.86. The summed E-state index contributed by atoms with van der Waals surface area (Å²) in [4.78, 5) is 25.7. The molecule has 0 unspecified atom stereocenters. The molecule has 0 atom stereocenters. The van der Waals surface area contributed by atoms with Crippen molar-refractivity contribution in [1.82, 2.24) is 10.6 Å². The molecule has 130 valence electrons. The first-order valence-electron chi connectivity index (χ1n) is 8.67. The summed E-state index contributed by atoms with van der Waals surface area (Å²) in [5, 5.41) is 5.18. The van der Waals surface area contributed by atoms with Gasteiger partial charge in [0.05, 0.1) is 12.2 Å². The average molecular weight is 333 g/mol. The Morgan fingerprint density at radius 1 is 1.25 bits per heavy atom. The predicted octanol–water partition coefficient (Wildman–Crippen LogP) is 2.66. The van der Waals surface area contributed by atoms with E-state index in [4.69, 9.17) is 0 Å². The monoisotopic (exact) mass is 333 g/mol. The highest BCUT2D eigenvalue weighted by atomic mass is 19.1. The second-order valence-electron chi connectivity index (χ2n) is 6.78. The van der Waals surface area contributed by atoms with Crippen LogP contribution in [0, 0.1) is 12.7 Å². The first-order chi connectivity index (χ1) is 11.5. The van der Waals surface area contributed by atoms with E-state index in [-0.39, 0.29) is 18.4 Å². The van der Waals surface area contributed by atoms with Gasteiger partial charge in [-0.3, -0.25) is 10.1 Å². The van der Waals surface area contributed by atoms with Crippen LogP contribution in [0.4, 0.5) is 14.9 Å². The number of rotatable bonds is 3. The lowest BCUT2D eigenvalue weighted by Crippen LogP contribution is -2.47. The molecule has 5 nitrogen and oxygen atoms in total. The van der Waals surface area contributed by atoms with Gasteiger partial charge in [0.1, 0.15) is 5.82 Å². The van der Waals surface area contributed by atoms with Crippen molar-refractivity contribution in [3.63, 3.8) is 0 Å². The number of fused-ring (bicyclic) bond motifs is 1. The van der Waals surface area contributed by atoms with Gasteiger partial charge in [0, 0.05) is 12.6 Å². The summed E-state index contributed by atoms with van der Waals surface area (Å²) in [6, 6.07) is 3.17. The van der Waals surface area contributed by atoms with Crippen LogP contribution in [0.5, 0.6) is 0 Å². The fraction of sp³-hybridized carbons (Fsp3) is 0.556. The van der Waals surface area contributed by atoms with Gasteiger partial charge in [0.2, 0.25) is 5.91 Å². The quantitative estimate of drug-likeness (QED) is 0.894. The van der Waals surface area contributed by atoms with Crippen LogP contribution in [0.3, 0.4) is 0 Å². The Bertz CT molecular complexity index is 641. The molecule has 1 fully saturated rings. The van der Waals surface area contributed by atoms with Crippen molar-refractivity contribution in [1.29, 1.82) is 0 Å².